The summed E-state index contributed by atoms with van der Waals surface area (Å²) in [5.41, 5.74) is 1.67. The van der Waals surface area contributed by atoms with Crippen molar-refractivity contribution in [2.24, 2.45) is 0 Å². The molecule has 176 valence electrons. The number of hydrogen-bond donors (Lipinski definition) is 1. The van der Waals surface area contributed by atoms with Crippen molar-refractivity contribution in [1.82, 2.24) is 10.2 Å². The summed E-state index contributed by atoms with van der Waals surface area (Å²) in [5.74, 6) is 1.86. The van der Waals surface area contributed by atoms with Crippen LogP contribution < -0.4 is 19.5 Å². The van der Waals surface area contributed by atoms with Gasteiger partial charge in [0.1, 0.15) is 5.75 Å². The highest BCUT2D eigenvalue weighted by Gasteiger charge is 2.25. The number of rotatable bonds is 6. The number of ether oxygens (including phenoxy) is 3. The maximum Gasteiger partial charge on any atom is 0.227 e. The molecule has 33 heavy (non-hydrogen) atoms. The molecule has 0 saturated carbocycles. The van der Waals surface area contributed by atoms with E-state index in [2.05, 4.69) is 5.32 Å². The lowest BCUT2D eigenvalue weighted by molar-refractivity contribution is -0.131. The molecular formula is C25H29ClN2O5. The number of carbonyl (C=O) groups is 2. The van der Waals surface area contributed by atoms with E-state index in [1.54, 1.807) is 13.2 Å². The number of nitrogens with zero attached hydrogens (tertiary/aromatic N) is 1. The lowest BCUT2D eigenvalue weighted by Crippen LogP contribution is -2.47. The zero-order valence-corrected chi connectivity index (χ0v) is 19.5. The molecular weight excluding hydrogens is 444 g/mol. The molecule has 0 spiro atoms. The number of nitrogens with one attached hydrogen (secondary N) is 1. The van der Waals surface area contributed by atoms with E-state index in [4.69, 9.17) is 25.8 Å². The Kier molecular flexibility index (Phi) is 7.60. The molecule has 0 aliphatic carbocycles. The van der Waals surface area contributed by atoms with E-state index in [9.17, 15) is 9.59 Å². The highest BCUT2D eigenvalue weighted by Crippen LogP contribution is 2.38. The van der Waals surface area contributed by atoms with Crippen LogP contribution in [0.4, 0.5) is 0 Å². The topological polar surface area (TPSA) is 77.1 Å². The summed E-state index contributed by atoms with van der Waals surface area (Å²) < 4.78 is 16.7. The van der Waals surface area contributed by atoms with Gasteiger partial charge in [-0.15, -0.1) is 0 Å². The van der Waals surface area contributed by atoms with Gasteiger partial charge in [0.15, 0.2) is 11.5 Å². The Morgan fingerprint density at radius 3 is 2.67 bits per heavy atom. The number of para-hydroxylation sites is 1. The Morgan fingerprint density at radius 1 is 1.12 bits per heavy atom. The predicted molar refractivity (Wildman–Crippen MR) is 125 cm³/mol. The fourth-order valence-corrected chi connectivity index (χ4v) is 4.54. The molecule has 4 rings (SSSR count). The molecule has 2 heterocycles. The Bertz CT molecular complexity index is 1000. The fraction of sp³-hybridized carbons (Fsp3) is 0.440. The molecule has 2 amide bonds. The van der Waals surface area contributed by atoms with Gasteiger partial charge in [0.25, 0.3) is 0 Å². The zero-order valence-electron chi connectivity index (χ0n) is 18.8. The molecule has 8 heteroatoms. The number of benzene rings is 2. The van der Waals surface area contributed by atoms with Gasteiger partial charge in [-0.05, 0) is 36.6 Å². The molecule has 1 fully saturated rings. The van der Waals surface area contributed by atoms with Gasteiger partial charge in [-0.1, -0.05) is 29.8 Å². The second-order valence-corrected chi connectivity index (χ2v) is 8.75. The van der Waals surface area contributed by atoms with Crippen LogP contribution in [0.5, 0.6) is 17.2 Å². The summed E-state index contributed by atoms with van der Waals surface area (Å²) in [5, 5.41) is 3.55. The predicted octanol–water partition coefficient (Wildman–Crippen LogP) is 3.40. The van der Waals surface area contributed by atoms with Gasteiger partial charge in [-0.3, -0.25) is 9.59 Å². The van der Waals surface area contributed by atoms with Crippen molar-refractivity contribution in [2.45, 2.75) is 38.1 Å². The second-order valence-electron chi connectivity index (χ2n) is 8.34. The highest BCUT2D eigenvalue weighted by molar-refractivity contribution is 6.32. The van der Waals surface area contributed by atoms with Crippen molar-refractivity contribution in [2.75, 3.05) is 33.4 Å². The number of carbonyl (C=O) groups excluding carboxylic acids is 2. The SMILES string of the molecule is COc1ccccc1CC(=O)N1CCC(NC(=O)Cc2cc(Cl)c3c(c2)OCCCO3)CC1. The van der Waals surface area contributed by atoms with Crippen LogP contribution in [0.25, 0.3) is 0 Å². The van der Waals surface area contributed by atoms with Gasteiger partial charge in [0, 0.05) is 31.1 Å². The van der Waals surface area contributed by atoms with Gasteiger partial charge >= 0.3 is 0 Å². The molecule has 1 saturated heterocycles. The van der Waals surface area contributed by atoms with Crippen molar-refractivity contribution < 1.29 is 23.8 Å². The summed E-state index contributed by atoms with van der Waals surface area (Å²) in [6.45, 7) is 2.36. The number of piperidine rings is 1. The Balaban J connectivity index is 1.27. The first-order valence-electron chi connectivity index (χ1n) is 11.3. The van der Waals surface area contributed by atoms with Gasteiger partial charge in [-0.25, -0.2) is 0 Å². The maximum atomic E-state index is 12.7. The van der Waals surface area contributed by atoms with Gasteiger partial charge in [0.2, 0.25) is 11.8 Å². The minimum Gasteiger partial charge on any atom is -0.496 e. The zero-order chi connectivity index (χ0) is 23.2. The lowest BCUT2D eigenvalue weighted by Gasteiger charge is -2.32. The monoisotopic (exact) mass is 472 g/mol. The normalized spacial score (nSPS) is 16.1. The van der Waals surface area contributed by atoms with Crippen LogP contribution in [0.3, 0.4) is 0 Å². The molecule has 0 bridgehead atoms. The smallest absolute Gasteiger partial charge is 0.227 e. The lowest BCUT2D eigenvalue weighted by atomic mass is 10.0. The fourth-order valence-electron chi connectivity index (χ4n) is 4.25. The number of halogens is 1. The number of methoxy groups -OCH3 is 1. The third-order valence-corrected chi connectivity index (χ3v) is 6.25. The highest BCUT2D eigenvalue weighted by atomic mass is 35.5. The molecule has 0 aromatic heterocycles. The van der Waals surface area contributed by atoms with Crippen molar-refractivity contribution in [3.63, 3.8) is 0 Å². The van der Waals surface area contributed by atoms with Crippen molar-refractivity contribution in [1.29, 1.82) is 0 Å². The molecule has 0 radical (unpaired) electrons. The van der Waals surface area contributed by atoms with E-state index in [-0.39, 0.29) is 24.3 Å². The Labute approximate surface area is 198 Å². The molecule has 2 aliphatic heterocycles. The molecule has 2 aromatic carbocycles. The minimum absolute atomic E-state index is 0.0451. The number of amides is 2. The summed E-state index contributed by atoms with van der Waals surface area (Å²) in [6.07, 6.45) is 2.77. The maximum absolute atomic E-state index is 12.7. The van der Waals surface area contributed by atoms with Gasteiger partial charge < -0.3 is 24.4 Å². The van der Waals surface area contributed by atoms with Crippen molar-refractivity contribution in [3.8, 4) is 17.2 Å². The summed E-state index contributed by atoms with van der Waals surface area (Å²) in [6, 6.07) is 11.2. The average molecular weight is 473 g/mol. The first-order valence-corrected chi connectivity index (χ1v) is 11.7. The first kappa shape index (κ1) is 23.2. The molecule has 0 atom stereocenters. The van der Waals surface area contributed by atoms with Gasteiger partial charge in [-0.2, -0.15) is 0 Å². The summed E-state index contributed by atoms with van der Waals surface area (Å²) >= 11 is 6.34. The Hall–Kier alpha value is -2.93. The van der Waals surface area contributed by atoms with Crippen LogP contribution in [-0.4, -0.2) is 56.2 Å². The number of likely N-dealkylation sites (tertiary alicyclic amines) is 1. The first-order chi connectivity index (χ1) is 16.0. The van der Waals surface area contributed by atoms with E-state index in [0.29, 0.717) is 49.2 Å². The molecule has 2 aliphatic rings. The van der Waals surface area contributed by atoms with Crippen molar-refractivity contribution >= 4 is 23.4 Å². The third kappa shape index (κ3) is 5.90. The molecule has 1 N–H and O–H groups in total. The second kappa shape index (κ2) is 10.8. The summed E-state index contributed by atoms with van der Waals surface area (Å²) in [7, 11) is 1.61. The largest absolute Gasteiger partial charge is 0.496 e. The van der Waals surface area contributed by atoms with E-state index < -0.39 is 0 Å². The van der Waals surface area contributed by atoms with E-state index in [1.165, 1.54) is 0 Å². The van der Waals surface area contributed by atoms with E-state index >= 15 is 0 Å². The van der Waals surface area contributed by atoms with Crippen LogP contribution in [0, 0.1) is 0 Å². The Morgan fingerprint density at radius 2 is 1.88 bits per heavy atom. The van der Waals surface area contributed by atoms with E-state index in [1.807, 2.05) is 35.2 Å². The quantitative estimate of drug-likeness (QED) is 0.697. The number of fused-ring (bicyclic) bond motifs is 1. The number of hydrogen-bond acceptors (Lipinski definition) is 5. The van der Waals surface area contributed by atoms with Crippen LogP contribution in [0.15, 0.2) is 36.4 Å². The molecule has 7 nitrogen and oxygen atoms in total. The minimum atomic E-state index is -0.0700. The average Bonchev–Trinajstić information content (AvgIpc) is 3.06. The third-order valence-electron chi connectivity index (χ3n) is 5.97. The van der Waals surface area contributed by atoms with Gasteiger partial charge in [0.05, 0.1) is 38.2 Å². The van der Waals surface area contributed by atoms with Crippen LogP contribution in [-0.2, 0) is 22.4 Å². The standard InChI is InChI=1S/C25H29ClN2O5/c1-31-21-6-3-2-5-18(21)16-24(30)28-9-7-19(8-10-28)27-23(29)15-17-13-20(26)25-22(14-17)32-11-4-12-33-25/h2-3,5-6,13-14,19H,4,7-12,15-16H2,1H3,(H,27,29). The van der Waals surface area contributed by atoms with Crippen molar-refractivity contribution in [3.05, 3.63) is 52.5 Å². The summed E-state index contributed by atoms with van der Waals surface area (Å²) in [4.78, 5) is 27.2. The van der Waals surface area contributed by atoms with Crippen LogP contribution in [0.2, 0.25) is 5.02 Å². The van der Waals surface area contributed by atoms with Crippen LogP contribution >= 0.6 is 11.6 Å². The molecule has 0 unspecified atom stereocenters. The molecule has 2 aromatic rings. The van der Waals surface area contributed by atoms with E-state index in [0.717, 1.165) is 36.1 Å². The van der Waals surface area contributed by atoms with Crippen LogP contribution in [0.1, 0.15) is 30.4 Å².